The zero-order valence-electron chi connectivity index (χ0n) is 11.9. The third-order valence-electron chi connectivity index (χ3n) is 3.44. The van der Waals surface area contributed by atoms with Gasteiger partial charge in [-0.25, -0.2) is 9.37 Å². The van der Waals surface area contributed by atoms with Crippen molar-refractivity contribution < 1.29 is 13.9 Å². The summed E-state index contributed by atoms with van der Waals surface area (Å²) in [5.74, 6) is -1.04. The molecule has 2 aromatic heterocycles. The van der Waals surface area contributed by atoms with Gasteiger partial charge in [-0.1, -0.05) is 18.2 Å². The van der Waals surface area contributed by atoms with Crippen molar-refractivity contribution in [1.82, 2.24) is 9.38 Å². The topological polar surface area (TPSA) is 69.6 Å². The molecule has 2 N–H and O–H groups in total. The van der Waals surface area contributed by atoms with Gasteiger partial charge in [0, 0.05) is 13.3 Å². The van der Waals surface area contributed by atoms with Crippen molar-refractivity contribution in [3.8, 4) is 0 Å². The predicted molar refractivity (Wildman–Crippen MR) is 79.0 cm³/mol. The maximum absolute atomic E-state index is 13.5. The summed E-state index contributed by atoms with van der Waals surface area (Å²) in [7, 11) is 1.49. The largest absolute Gasteiger partial charge is 0.370 e. The molecule has 112 valence electrons. The van der Waals surface area contributed by atoms with Crippen molar-refractivity contribution >= 4 is 11.6 Å². The minimum atomic E-state index is -0.657. The SMILES string of the molecule is COC(c1cccc(F)c1)c1c(C(N)=O)nc2ccccn12. The molecule has 0 saturated carbocycles. The van der Waals surface area contributed by atoms with Gasteiger partial charge in [0.05, 0.1) is 5.69 Å². The second-order valence-electron chi connectivity index (χ2n) is 4.81. The quantitative estimate of drug-likeness (QED) is 0.803. The number of pyridine rings is 1. The standard InChI is InChI=1S/C16H14FN3O2/c1-22-15(10-5-4-6-11(17)9-10)14-13(16(18)21)19-12-7-2-3-8-20(12)14/h2-9,15H,1H3,(H2,18,21). The van der Waals surface area contributed by atoms with Crippen molar-refractivity contribution in [2.24, 2.45) is 5.73 Å². The fourth-order valence-corrected chi connectivity index (χ4v) is 2.52. The number of halogens is 1. The Bertz CT molecular complexity index is 844. The normalized spacial score (nSPS) is 12.5. The number of amides is 1. The molecular weight excluding hydrogens is 285 g/mol. The Morgan fingerprint density at radius 3 is 2.82 bits per heavy atom. The molecule has 3 rings (SSSR count). The molecule has 1 atom stereocenters. The summed E-state index contributed by atoms with van der Waals surface area (Å²) in [5.41, 5.74) is 7.18. The van der Waals surface area contributed by atoms with E-state index in [1.54, 1.807) is 40.9 Å². The number of aromatic nitrogens is 2. The zero-order chi connectivity index (χ0) is 15.7. The number of methoxy groups -OCH3 is 1. The van der Waals surface area contributed by atoms with E-state index in [4.69, 9.17) is 10.5 Å². The summed E-state index contributed by atoms with van der Waals surface area (Å²) in [4.78, 5) is 16.0. The van der Waals surface area contributed by atoms with Gasteiger partial charge in [0.25, 0.3) is 5.91 Å². The first kappa shape index (κ1) is 14.2. The molecule has 5 nitrogen and oxygen atoms in total. The Kier molecular flexibility index (Phi) is 3.60. The minimum Gasteiger partial charge on any atom is -0.370 e. The van der Waals surface area contributed by atoms with Crippen LogP contribution in [0, 0.1) is 5.82 Å². The average Bonchev–Trinajstić information content (AvgIpc) is 2.88. The molecule has 0 aliphatic rings. The number of carbonyl (C=O) groups is 1. The van der Waals surface area contributed by atoms with E-state index in [1.807, 2.05) is 0 Å². The smallest absolute Gasteiger partial charge is 0.269 e. The summed E-state index contributed by atoms with van der Waals surface area (Å²) in [6.07, 6.45) is 1.10. The van der Waals surface area contributed by atoms with Gasteiger partial charge in [-0.15, -0.1) is 0 Å². The van der Waals surface area contributed by atoms with Crippen LogP contribution in [-0.2, 0) is 4.74 Å². The first-order chi connectivity index (χ1) is 10.6. The summed E-state index contributed by atoms with van der Waals surface area (Å²) in [6, 6.07) is 11.4. The van der Waals surface area contributed by atoms with Crippen molar-refractivity contribution in [3.05, 3.63) is 71.4 Å². The van der Waals surface area contributed by atoms with E-state index in [2.05, 4.69) is 4.98 Å². The number of benzene rings is 1. The maximum atomic E-state index is 13.5. The summed E-state index contributed by atoms with van der Waals surface area (Å²) < 4.78 is 20.7. The molecule has 0 spiro atoms. The van der Waals surface area contributed by atoms with Gasteiger partial charge in [-0.3, -0.25) is 4.79 Å². The first-order valence-corrected chi connectivity index (χ1v) is 6.67. The molecule has 0 saturated heterocycles. The number of primary amides is 1. The third kappa shape index (κ3) is 2.33. The first-order valence-electron chi connectivity index (χ1n) is 6.67. The van der Waals surface area contributed by atoms with E-state index < -0.39 is 12.0 Å². The van der Waals surface area contributed by atoms with Crippen molar-refractivity contribution in [3.63, 3.8) is 0 Å². The molecule has 6 heteroatoms. The van der Waals surface area contributed by atoms with Crippen LogP contribution in [0.3, 0.4) is 0 Å². The minimum absolute atomic E-state index is 0.113. The third-order valence-corrected chi connectivity index (χ3v) is 3.44. The van der Waals surface area contributed by atoms with Gasteiger partial charge in [-0.05, 0) is 29.8 Å². The van der Waals surface area contributed by atoms with Crippen LogP contribution >= 0.6 is 0 Å². The number of nitrogens with two attached hydrogens (primary N) is 1. The van der Waals surface area contributed by atoms with Crippen LogP contribution in [0.1, 0.15) is 27.8 Å². The van der Waals surface area contributed by atoms with Crippen LogP contribution in [0.4, 0.5) is 4.39 Å². The molecule has 0 fully saturated rings. The van der Waals surface area contributed by atoms with E-state index in [9.17, 15) is 9.18 Å². The number of imidazole rings is 1. The van der Waals surface area contributed by atoms with Crippen LogP contribution in [0.15, 0.2) is 48.7 Å². The van der Waals surface area contributed by atoms with Crippen LogP contribution in [-0.4, -0.2) is 22.4 Å². The summed E-state index contributed by atoms with van der Waals surface area (Å²) in [5, 5.41) is 0. The van der Waals surface area contributed by atoms with Gasteiger partial charge in [0.2, 0.25) is 0 Å². The molecule has 3 aromatic rings. The second kappa shape index (κ2) is 5.57. The Balaban J connectivity index is 2.26. The van der Waals surface area contributed by atoms with E-state index in [0.717, 1.165) is 0 Å². The number of nitrogens with zero attached hydrogens (tertiary/aromatic N) is 2. The number of carbonyl (C=O) groups excluding carboxylic acids is 1. The van der Waals surface area contributed by atoms with E-state index in [-0.39, 0.29) is 11.5 Å². The van der Waals surface area contributed by atoms with Gasteiger partial charge < -0.3 is 14.9 Å². The Morgan fingerprint density at radius 1 is 1.32 bits per heavy atom. The van der Waals surface area contributed by atoms with Crippen molar-refractivity contribution in [2.75, 3.05) is 7.11 Å². The average molecular weight is 299 g/mol. The summed E-state index contributed by atoms with van der Waals surface area (Å²) >= 11 is 0. The Labute approximate surface area is 126 Å². The van der Waals surface area contributed by atoms with Crippen molar-refractivity contribution in [2.45, 2.75) is 6.10 Å². The van der Waals surface area contributed by atoms with E-state index in [1.165, 1.54) is 19.2 Å². The van der Waals surface area contributed by atoms with Crippen molar-refractivity contribution in [1.29, 1.82) is 0 Å². The Morgan fingerprint density at radius 2 is 2.14 bits per heavy atom. The number of hydrogen-bond donors (Lipinski definition) is 1. The maximum Gasteiger partial charge on any atom is 0.269 e. The highest BCUT2D eigenvalue weighted by Crippen LogP contribution is 2.29. The van der Waals surface area contributed by atoms with Crippen LogP contribution in [0.2, 0.25) is 0 Å². The van der Waals surface area contributed by atoms with Crippen LogP contribution in [0.25, 0.3) is 5.65 Å². The molecule has 2 heterocycles. The molecule has 0 aliphatic heterocycles. The highest BCUT2D eigenvalue weighted by Gasteiger charge is 2.25. The number of ether oxygens (including phenoxy) is 1. The second-order valence-corrected chi connectivity index (χ2v) is 4.81. The Hall–Kier alpha value is -2.73. The lowest BCUT2D eigenvalue weighted by Gasteiger charge is -2.17. The molecule has 0 aliphatic carbocycles. The summed E-state index contributed by atoms with van der Waals surface area (Å²) in [6.45, 7) is 0. The van der Waals surface area contributed by atoms with Gasteiger partial charge in [-0.2, -0.15) is 0 Å². The molecule has 1 unspecified atom stereocenters. The number of fused-ring (bicyclic) bond motifs is 1. The number of rotatable bonds is 4. The molecule has 0 radical (unpaired) electrons. The highest BCUT2D eigenvalue weighted by atomic mass is 19.1. The highest BCUT2D eigenvalue weighted by molar-refractivity contribution is 5.93. The van der Waals surface area contributed by atoms with E-state index >= 15 is 0 Å². The molecule has 1 aromatic carbocycles. The predicted octanol–water partition coefficient (Wildman–Crippen LogP) is 2.31. The number of hydrogen-bond acceptors (Lipinski definition) is 3. The fraction of sp³-hybridized carbons (Fsp3) is 0.125. The molecular formula is C16H14FN3O2. The monoisotopic (exact) mass is 299 g/mol. The van der Waals surface area contributed by atoms with Gasteiger partial charge in [0.15, 0.2) is 5.69 Å². The lowest BCUT2D eigenvalue weighted by atomic mass is 10.0. The lowest BCUT2D eigenvalue weighted by molar-refractivity contribution is 0.0980. The molecule has 1 amide bonds. The molecule has 22 heavy (non-hydrogen) atoms. The fourth-order valence-electron chi connectivity index (χ4n) is 2.52. The molecule has 0 bridgehead atoms. The van der Waals surface area contributed by atoms with Gasteiger partial charge >= 0.3 is 0 Å². The van der Waals surface area contributed by atoms with Crippen LogP contribution < -0.4 is 5.73 Å². The zero-order valence-corrected chi connectivity index (χ0v) is 11.9. The van der Waals surface area contributed by atoms with Gasteiger partial charge in [0.1, 0.15) is 17.6 Å². The van der Waals surface area contributed by atoms with Crippen LogP contribution in [0.5, 0.6) is 0 Å². The van der Waals surface area contributed by atoms with E-state index in [0.29, 0.717) is 16.9 Å². The lowest BCUT2D eigenvalue weighted by Crippen LogP contribution is -2.18.